The first-order valence-electron chi connectivity index (χ1n) is 6.82. The number of rotatable bonds is 2. The average molecular weight is 267 g/mol. The van der Waals surface area contributed by atoms with Gasteiger partial charge in [0, 0.05) is 13.2 Å². The van der Waals surface area contributed by atoms with Gasteiger partial charge in [0.1, 0.15) is 5.75 Å². The zero-order valence-corrected chi connectivity index (χ0v) is 11.3. The summed E-state index contributed by atoms with van der Waals surface area (Å²) in [5.41, 5.74) is 2.56. The molecule has 1 aromatic carbocycles. The first-order chi connectivity index (χ1) is 8.84. The normalized spacial score (nSPS) is 22.1. The van der Waals surface area contributed by atoms with E-state index in [4.69, 9.17) is 21.1 Å². The minimum Gasteiger partial charge on any atom is -0.493 e. The van der Waals surface area contributed by atoms with Crippen LogP contribution in [0.15, 0.2) is 18.2 Å². The number of halogens is 1. The van der Waals surface area contributed by atoms with Gasteiger partial charge in [-0.2, -0.15) is 0 Å². The number of fused-ring (bicyclic) bond motifs is 1. The van der Waals surface area contributed by atoms with Crippen LogP contribution in [0.1, 0.15) is 35.8 Å². The summed E-state index contributed by atoms with van der Waals surface area (Å²) < 4.78 is 11.0. The maximum absolute atomic E-state index is 6.63. The van der Waals surface area contributed by atoms with Gasteiger partial charge in [0.15, 0.2) is 0 Å². The minimum atomic E-state index is 0.112. The molecule has 2 nitrogen and oxygen atoms in total. The van der Waals surface area contributed by atoms with Crippen molar-refractivity contribution in [3.05, 3.63) is 29.3 Å². The van der Waals surface area contributed by atoms with E-state index in [1.54, 1.807) is 0 Å². The Labute approximate surface area is 113 Å². The molecule has 0 spiro atoms. The largest absolute Gasteiger partial charge is 0.493 e. The predicted octanol–water partition coefficient (Wildman–Crippen LogP) is 3.72. The summed E-state index contributed by atoms with van der Waals surface area (Å²) in [5, 5.41) is 0.112. The highest BCUT2D eigenvalue weighted by molar-refractivity contribution is 6.21. The molecule has 2 heterocycles. The summed E-state index contributed by atoms with van der Waals surface area (Å²) in [5.74, 6) is 1.59. The smallest absolute Gasteiger partial charge is 0.122 e. The van der Waals surface area contributed by atoms with Crippen LogP contribution in [0.5, 0.6) is 5.75 Å². The topological polar surface area (TPSA) is 18.5 Å². The van der Waals surface area contributed by atoms with Crippen LogP contribution >= 0.6 is 11.6 Å². The molecule has 0 radical (unpaired) electrons. The number of ether oxygens (including phenoxy) is 2. The van der Waals surface area contributed by atoms with E-state index in [0.717, 1.165) is 51.3 Å². The SMILES string of the molecule is ClC(c1ccc2c(c1)CCCO2)C1CCOCC1. The van der Waals surface area contributed by atoms with E-state index < -0.39 is 0 Å². The molecule has 2 aliphatic heterocycles. The molecule has 0 bridgehead atoms. The third-order valence-corrected chi connectivity index (χ3v) is 4.54. The first-order valence-corrected chi connectivity index (χ1v) is 7.25. The summed E-state index contributed by atoms with van der Waals surface area (Å²) in [4.78, 5) is 0. The van der Waals surface area contributed by atoms with Crippen LogP contribution in [0, 0.1) is 5.92 Å². The van der Waals surface area contributed by atoms with E-state index in [1.165, 1.54) is 11.1 Å². The van der Waals surface area contributed by atoms with Crippen LogP contribution in [0.3, 0.4) is 0 Å². The number of benzene rings is 1. The second kappa shape index (κ2) is 5.50. The minimum absolute atomic E-state index is 0.112. The molecule has 2 aliphatic rings. The van der Waals surface area contributed by atoms with Gasteiger partial charge >= 0.3 is 0 Å². The van der Waals surface area contributed by atoms with Gasteiger partial charge in [-0.3, -0.25) is 0 Å². The molecule has 0 amide bonds. The van der Waals surface area contributed by atoms with Gasteiger partial charge in [-0.25, -0.2) is 0 Å². The van der Waals surface area contributed by atoms with Gasteiger partial charge in [0.05, 0.1) is 12.0 Å². The highest BCUT2D eigenvalue weighted by Gasteiger charge is 2.24. The van der Waals surface area contributed by atoms with Crippen molar-refractivity contribution in [3.8, 4) is 5.75 Å². The van der Waals surface area contributed by atoms with Crippen LogP contribution in [-0.4, -0.2) is 19.8 Å². The zero-order valence-electron chi connectivity index (χ0n) is 10.5. The lowest BCUT2D eigenvalue weighted by atomic mass is 9.90. The van der Waals surface area contributed by atoms with E-state index >= 15 is 0 Å². The number of aryl methyl sites for hydroxylation is 1. The molecule has 1 aromatic rings. The maximum atomic E-state index is 6.63. The summed E-state index contributed by atoms with van der Waals surface area (Å²) >= 11 is 6.63. The summed E-state index contributed by atoms with van der Waals surface area (Å²) in [7, 11) is 0. The maximum Gasteiger partial charge on any atom is 0.122 e. The first kappa shape index (κ1) is 12.3. The predicted molar refractivity (Wildman–Crippen MR) is 72.4 cm³/mol. The van der Waals surface area contributed by atoms with E-state index in [1.807, 2.05) is 0 Å². The van der Waals surface area contributed by atoms with Crippen LogP contribution < -0.4 is 4.74 Å². The van der Waals surface area contributed by atoms with Gasteiger partial charge in [0.25, 0.3) is 0 Å². The van der Waals surface area contributed by atoms with Gasteiger partial charge < -0.3 is 9.47 Å². The van der Waals surface area contributed by atoms with Gasteiger partial charge in [-0.05, 0) is 48.8 Å². The molecule has 0 N–H and O–H groups in total. The Balaban J connectivity index is 1.78. The summed E-state index contributed by atoms with van der Waals surface area (Å²) in [6.07, 6.45) is 4.37. The summed E-state index contributed by atoms with van der Waals surface area (Å²) in [6.45, 7) is 2.54. The van der Waals surface area contributed by atoms with Crippen molar-refractivity contribution in [1.29, 1.82) is 0 Å². The van der Waals surface area contributed by atoms with Gasteiger partial charge in [-0.15, -0.1) is 11.6 Å². The Bertz CT molecular complexity index is 413. The quantitative estimate of drug-likeness (QED) is 0.760. The van der Waals surface area contributed by atoms with Crippen molar-refractivity contribution in [2.45, 2.75) is 31.1 Å². The van der Waals surface area contributed by atoms with Crippen molar-refractivity contribution in [2.75, 3.05) is 19.8 Å². The Morgan fingerprint density at radius 1 is 1.17 bits per heavy atom. The molecule has 0 aromatic heterocycles. The van der Waals surface area contributed by atoms with Crippen molar-refractivity contribution in [3.63, 3.8) is 0 Å². The lowest BCUT2D eigenvalue weighted by Crippen LogP contribution is -2.19. The van der Waals surface area contributed by atoms with Crippen LogP contribution in [0.25, 0.3) is 0 Å². The standard InChI is InChI=1S/C15H19ClO2/c16-15(11-5-8-17-9-6-11)13-3-4-14-12(10-13)2-1-7-18-14/h3-4,10-11,15H,1-2,5-9H2. The molecule has 0 aliphatic carbocycles. The fraction of sp³-hybridized carbons (Fsp3) is 0.600. The fourth-order valence-electron chi connectivity index (χ4n) is 2.83. The lowest BCUT2D eigenvalue weighted by molar-refractivity contribution is 0.0650. The molecule has 1 unspecified atom stereocenters. The molecule has 0 saturated carbocycles. The third kappa shape index (κ3) is 2.50. The van der Waals surface area contributed by atoms with E-state index in [-0.39, 0.29) is 5.38 Å². The lowest BCUT2D eigenvalue weighted by Gasteiger charge is -2.27. The van der Waals surface area contributed by atoms with Gasteiger partial charge in [0.2, 0.25) is 0 Å². The van der Waals surface area contributed by atoms with Crippen molar-refractivity contribution >= 4 is 11.6 Å². The van der Waals surface area contributed by atoms with E-state index in [2.05, 4.69) is 18.2 Å². The van der Waals surface area contributed by atoms with Crippen molar-refractivity contribution in [2.24, 2.45) is 5.92 Å². The fourth-order valence-corrected chi connectivity index (χ4v) is 3.22. The molecule has 1 saturated heterocycles. The Kier molecular flexibility index (Phi) is 3.76. The van der Waals surface area contributed by atoms with Crippen molar-refractivity contribution in [1.82, 2.24) is 0 Å². The monoisotopic (exact) mass is 266 g/mol. The van der Waals surface area contributed by atoms with Crippen LogP contribution in [-0.2, 0) is 11.2 Å². The second-order valence-corrected chi connectivity index (χ2v) is 5.64. The van der Waals surface area contributed by atoms with Gasteiger partial charge in [-0.1, -0.05) is 12.1 Å². The molecule has 18 heavy (non-hydrogen) atoms. The number of hydrogen-bond acceptors (Lipinski definition) is 2. The molecule has 1 atom stereocenters. The molecule has 3 rings (SSSR count). The second-order valence-electron chi connectivity index (χ2n) is 5.17. The number of alkyl halides is 1. The molecular weight excluding hydrogens is 248 g/mol. The highest BCUT2D eigenvalue weighted by atomic mass is 35.5. The molecule has 3 heteroatoms. The van der Waals surface area contributed by atoms with Crippen molar-refractivity contribution < 1.29 is 9.47 Å². The third-order valence-electron chi connectivity index (χ3n) is 3.93. The van der Waals surface area contributed by atoms with Crippen LogP contribution in [0.4, 0.5) is 0 Å². The van der Waals surface area contributed by atoms with E-state index in [9.17, 15) is 0 Å². The summed E-state index contributed by atoms with van der Waals surface area (Å²) in [6, 6.07) is 6.44. The van der Waals surface area contributed by atoms with E-state index in [0.29, 0.717) is 5.92 Å². The Hall–Kier alpha value is -0.730. The van der Waals surface area contributed by atoms with Crippen LogP contribution in [0.2, 0.25) is 0 Å². The molecule has 98 valence electrons. The Morgan fingerprint density at radius 2 is 2.00 bits per heavy atom. The zero-order chi connectivity index (χ0) is 12.4. The highest BCUT2D eigenvalue weighted by Crippen LogP contribution is 2.37. The Morgan fingerprint density at radius 3 is 2.83 bits per heavy atom. The number of hydrogen-bond donors (Lipinski definition) is 0. The molecular formula is C15H19ClO2. The average Bonchev–Trinajstić information content (AvgIpc) is 2.47. The molecule has 1 fully saturated rings.